The van der Waals surface area contributed by atoms with Gasteiger partial charge in [-0.3, -0.25) is 4.79 Å². The zero-order valence-electron chi connectivity index (χ0n) is 14.3. The highest BCUT2D eigenvalue weighted by atomic mass is 35.5. The molecule has 0 aliphatic carbocycles. The second kappa shape index (κ2) is 8.62. The van der Waals surface area contributed by atoms with Gasteiger partial charge in [-0.15, -0.1) is 0 Å². The number of nitrogens with one attached hydrogen (secondary N) is 1. The Morgan fingerprint density at radius 2 is 1.85 bits per heavy atom. The molecule has 0 bridgehead atoms. The molecule has 1 saturated heterocycles. The van der Waals surface area contributed by atoms with Gasteiger partial charge in [0.05, 0.1) is 24.3 Å². The number of sulfonamides is 1. The summed E-state index contributed by atoms with van der Waals surface area (Å²) < 4.78 is 31.9. The van der Waals surface area contributed by atoms with E-state index in [0.717, 1.165) is 5.56 Å². The molecule has 1 heterocycles. The van der Waals surface area contributed by atoms with E-state index >= 15 is 0 Å². The van der Waals surface area contributed by atoms with Crippen molar-refractivity contribution in [2.24, 2.45) is 5.10 Å². The van der Waals surface area contributed by atoms with E-state index in [2.05, 4.69) is 10.5 Å². The Balaban J connectivity index is 1.70. The number of morpholine rings is 1. The molecule has 1 aliphatic heterocycles. The van der Waals surface area contributed by atoms with Crippen molar-refractivity contribution in [3.05, 3.63) is 64.7 Å². The molecule has 1 amide bonds. The number of ether oxygens (including phenoxy) is 1. The van der Waals surface area contributed by atoms with Crippen molar-refractivity contribution in [3.63, 3.8) is 0 Å². The van der Waals surface area contributed by atoms with Crippen LogP contribution < -0.4 is 5.43 Å². The van der Waals surface area contributed by atoms with E-state index in [0.29, 0.717) is 31.3 Å². The number of hydrogen-bond donors (Lipinski definition) is 1. The van der Waals surface area contributed by atoms with Crippen molar-refractivity contribution in [1.29, 1.82) is 0 Å². The van der Waals surface area contributed by atoms with E-state index in [1.54, 1.807) is 24.3 Å². The van der Waals surface area contributed by atoms with Crippen LogP contribution in [0, 0.1) is 0 Å². The molecule has 1 N–H and O–H groups in total. The zero-order chi connectivity index (χ0) is 19.3. The van der Waals surface area contributed by atoms with Gasteiger partial charge in [0, 0.05) is 23.7 Å². The third kappa shape index (κ3) is 4.92. The van der Waals surface area contributed by atoms with Crippen LogP contribution in [0.5, 0.6) is 0 Å². The molecule has 142 valence electrons. The fraction of sp³-hybridized carbons (Fsp3) is 0.222. The van der Waals surface area contributed by atoms with Gasteiger partial charge in [-0.1, -0.05) is 29.8 Å². The normalized spacial score (nSPS) is 15.7. The molecule has 0 saturated carbocycles. The summed E-state index contributed by atoms with van der Waals surface area (Å²) in [6, 6.07) is 12.8. The Bertz CT molecular complexity index is 939. The largest absolute Gasteiger partial charge is 0.379 e. The van der Waals surface area contributed by atoms with Crippen molar-refractivity contribution in [2.75, 3.05) is 26.3 Å². The Hall–Kier alpha value is -2.26. The molecule has 0 spiro atoms. The monoisotopic (exact) mass is 407 g/mol. The SMILES string of the molecule is O=C(N/N=C/c1ccc(Cl)cc1)c1cccc(S(=O)(=O)N2CCOCC2)c1. The van der Waals surface area contributed by atoms with E-state index in [4.69, 9.17) is 16.3 Å². The van der Waals surface area contributed by atoms with E-state index < -0.39 is 15.9 Å². The van der Waals surface area contributed by atoms with Crippen LogP contribution in [0.4, 0.5) is 0 Å². The summed E-state index contributed by atoms with van der Waals surface area (Å²) in [5.41, 5.74) is 3.36. The highest BCUT2D eigenvalue weighted by molar-refractivity contribution is 7.89. The maximum absolute atomic E-state index is 12.7. The van der Waals surface area contributed by atoms with Gasteiger partial charge in [0.2, 0.25) is 10.0 Å². The first-order valence-corrected chi connectivity index (χ1v) is 10.1. The van der Waals surface area contributed by atoms with Crippen LogP contribution in [0.2, 0.25) is 5.02 Å². The molecular formula is C18H18ClN3O4S. The van der Waals surface area contributed by atoms with Gasteiger partial charge in [-0.2, -0.15) is 9.41 Å². The van der Waals surface area contributed by atoms with Crippen LogP contribution in [0.3, 0.4) is 0 Å². The van der Waals surface area contributed by atoms with Crippen molar-refractivity contribution in [1.82, 2.24) is 9.73 Å². The minimum atomic E-state index is -3.66. The maximum Gasteiger partial charge on any atom is 0.271 e. The number of amides is 1. The van der Waals surface area contributed by atoms with Crippen LogP contribution in [0.1, 0.15) is 15.9 Å². The first kappa shape index (κ1) is 19.5. The molecule has 1 aliphatic rings. The molecule has 1 fully saturated rings. The number of benzene rings is 2. The Labute approximate surface area is 162 Å². The summed E-state index contributed by atoms with van der Waals surface area (Å²) in [4.78, 5) is 12.3. The highest BCUT2D eigenvalue weighted by Gasteiger charge is 2.26. The molecule has 0 unspecified atom stereocenters. The van der Waals surface area contributed by atoms with Gasteiger partial charge in [0.25, 0.3) is 5.91 Å². The average Bonchev–Trinajstić information content (AvgIpc) is 2.70. The van der Waals surface area contributed by atoms with Crippen LogP contribution in [0.25, 0.3) is 0 Å². The van der Waals surface area contributed by atoms with Crippen molar-refractivity contribution in [2.45, 2.75) is 4.90 Å². The summed E-state index contributed by atoms with van der Waals surface area (Å²) >= 11 is 5.81. The van der Waals surface area contributed by atoms with E-state index in [9.17, 15) is 13.2 Å². The number of rotatable bonds is 5. The molecule has 7 nitrogen and oxygen atoms in total. The van der Waals surface area contributed by atoms with Gasteiger partial charge in [0.15, 0.2) is 0 Å². The fourth-order valence-electron chi connectivity index (χ4n) is 2.51. The minimum Gasteiger partial charge on any atom is -0.379 e. The van der Waals surface area contributed by atoms with Gasteiger partial charge in [-0.25, -0.2) is 13.8 Å². The quantitative estimate of drug-likeness (QED) is 0.607. The van der Waals surface area contributed by atoms with Crippen LogP contribution in [-0.2, 0) is 14.8 Å². The van der Waals surface area contributed by atoms with Gasteiger partial charge in [-0.05, 0) is 35.9 Å². The number of nitrogens with zero attached hydrogens (tertiary/aromatic N) is 2. The third-order valence-electron chi connectivity index (χ3n) is 3.95. The van der Waals surface area contributed by atoms with E-state index in [1.165, 1.54) is 34.8 Å². The number of carbonyl (C=O) groups excluding carboxylic acids is 1. The predicted molar refractivity (Wildman–Crippen MR) is 103 cm³/mol. The zero-order valence-corrected chi connectivity index (χ0v) is 15.9. The summed E-state index contributed by atoms with van der Waals surface area (Å²) in [5, 5.41) is 4.49. The molecule has 2 aromatic carbocycles. The molecule has 2 aromatic rings. The third-order valence-corrected chi connectivity index (χ3v) is 6.10. The standard InChI is InChI=1S/C18H18ClN3O4S/c19-16-6-4-14(5-7-16)13-20-21-18(23)15-2-1-3-17(12-15)27(24,25)22-8-10-26-11-9-22/h1-7,12-13H,8-11H2,(H,21,23)/b20-13+. The van der Waals surface area contributed by atoms with Crippen molar-refractivity contribution < 1.29 is 17.9 Å². The minimum absolute atomic E-state index is 0.0683. The number of hydrogen-bond acceptors (Lipinski definition) is 5. The maximum atomic E-state index is 12.7. The van der Waals surface area contributed by atoms with E-state index in [-0.39, 0.29) is 10.5 Å². The highest BCUT2D eigenvalue weighted by Crippen LogP contribution is 2.18. The van der Waals surface area contributed by atoms with Crippen molar-refractivity contribution >= 4 is 33.7 Å². The lowest BCUT2D eigenvalue weighted by Gasteiger charge is -2.26. The van der Waals surface area contributed by atoms with E-state index in [1.807, 2.05) is 0 Å². The van der Waals surface area contributed by atoms with Gasteiger partial charge < -0.3 is 4.74 Å². The Morgan fingerprint density at radius 1 is 1.15 bits per heavy atom. The fourth-order valence-corrected chi connectivity index (χ4v) is 4.09. The molecular weight excluding hydrogens is 390 g/mol. The molecule has 27 heavy (non-hydrogen) atoms. The summed E-state index contributed by atoms with van der Waals surface area (Å²) in [5.74, 6) is -0.501. The van der Waals surface area contributed by atoms with Crippen molar-refractivity contribution in [3.8, 4) is 0 Å². The topological polar surface area (TPSA) is 88.1 Å². The summed E-state index contributed by atoms with van der Waals surface area (Å²) in [6.07, 6.45) is 1.47. The molecule has 0 aromatic heterocycles. The smallest absolute Gasteiger partial charge is 0.271 e. The first-order valence-electron chi connectivity index (χ1n) is 8.24. The lowest BCUT2D eigenvalue weighted by molar-refractivity contribution is 0.0730. The average molecular weight is 408 g/mol. The molecule has 3 rings (SSSR count). The number of halogens is 1. The number of hydrazone groups is 1. The van der Waals surface area contributed by atoms with Crippen LogP contribution >= 0.6 is 11.6 Å². The summed E-state index contributed by atoms with van der Waals surface area (Å²) in [6.45, 7) is 1.31. The molecule has 0 atom stereocenters. The van der Waals surface area contributed by atoms with Crippen LogP contribution in [-0.4, -0.2) is 51.1 Å². The second-order valence-electron chi connectivity index (χ2n) is 5.79. The predicted octanol–water partition coefficient (Wildman–Crippen LogP) is 2.12. The molecule has 0 radical (unpaired) electrons. The lowest BCUT2D eigenvalue weighted by Crippen LogP contribution is -2.40. The molecule has 9 heteroatoms. The number of carbonyl (C=O) groups is 1. The van der Waals surface area contributed by atoms with Gasteiger partial charge >= 0.3 is 0 Å². The first-order chi connectivity index (χ1) is 13.0. The Morgan fingerprint density at radius 3 is 2.56 bits per heavy atom. The second-order valence-corrected chi connectivity index (χ2v) is 8.17. The Kier molecular flexibility index (Phi) is 6.22. The van der Waals surface area contributed by atoms with Gasteiger partial charge in [0.1, 0.15) is 0 Å². The van der Waals surface area contributed by atoms with Crippen LogP contribution in [0.15, 0.2) is 58.5 Å². The summed E-state index contributed by atoms with van der Waals surface area (Å²) in [7, 11) is -3.66. The lowest BCUT2D eigenvalue weighted by atomic mass is 10.2.